The largest absolute Gasteiger partial charge is 0.355 e. The molecule has 0 aliphatic rings. The molecule has 0 atom stereocenters. The fraction of sp³-hybridized carbons (Fsp3) is 0.875. The summed E-state index contributed by atoms with van der Waals surface area (Å²) in [7, 11) is 0. The molecule has 0 rings (SSSR count). The molecule has 0 aliphatic carbocycles. The highest BCUT2D eigenvalue weighted by Gasteiger charge is 1.98. The van der Waals surface area contributed by atoms with Crippen molar-refractivity contribution in [3.05, 3.63) is 12.2 Å². The van der Waals surface area contributed by atoms with Gasteiger partial charge in [0, 0.05) is 0 Å². The molecule has 0 aromatic heterocycles. The Balaban J connectivity index is 3.07. The summed E-state index contributed by atoms with van der Waals surface area (Å²) in [5, 5.41) is 10.3. The van der Waals surface area contributed by atoms with Gasteiger partial charge in [0.05, 0.1) is 6.42 Å². The highest BCUT2D eigenvalue weighted by Crippen LogP contribution is 2.13. The minimum atomic E-state index is -0.911. The predicted octanol–water partition coefficient (Wildman–Crippen LogP) is 8.32. The second-order valence-electron chi connectivity index (χ2n) is 7.83. The van der Waals surface area contributed by atoms with Crippen molar-refractivity contribution in [3.63, 3.8) is 0 Å². The van der Waals surface area contributed by atoms with Crippen molar-refractivity contribution in [2.45, 2.75) is 135 Å². The number of hydrogen-bond acceptors (Lipinski definition) is 1. The molecule has 0 aliphatic heterocycles. The summed E-state index contributed by atoms with van der Waals surface area (Å²) in [5.41, 5.74) is 0. The lowest BCUT2D eigenvalue weighted by atomic mass is 10.0. The fourth-order valence-corrected chi connectivity index (χ4v) is 3.40. The Morgan fingerprint density at radius 3 is 1.27 bits per heavy atom. The van der Waals surface area contributed by atoms with Crippen LogP contribution in [0.15, 0.2) is 12.2 Å². The molecule has 0 saturated heterocycles. The predicted molar refractivity (Wildman–Crippen MR) is 113 cm³/mol. The fourth-order valence-electron chi connectivity index (χ4n) is 3.40. The SMILES string of the molecule is CCCCCCCCCCCCCC/C=C\CCCCCCCC([O])=O. The van der Waals surface area contributed by atoms with Gasteiger partial charge < -0.3 is 0 Å². The van der Waals surface area contributed by atoms with Gasteiger partial charge in [-0.3, -0.25) is 0 Å². The first kappa shape index (κ1) is 25.2. The summed E-state index contributed by atoms with van der Waals surface area (Å²) in [4.78, 5) is 10.3. The average molecular weight is 366 g/mol. The van der Waals surface area contributed by atoms with Crippen molar-refractivity contribution in [3.8, 4) is 0 Å². The summed E-state index contributed by atoms with van der Waals surface area (Å²) in [6.45, 7) is 2.28. The van der Waals surface area contributed by atoms with Gasteiger partial charge in [-0.05, 0) is 32.1 Å². The van der Waals surface area contributed by atoms with Crippen LogP contribution in [0.3, 0.4) is 0 Å². The van der Waals surface area contributed by atoms with Gasteiger partial charge in [-0.25, -0.2) is 9.90 Å². The Kier molecular flexibility index (Phi) is 21.6. The van der Waals surface area contributed by atoms with E-state index in [0.29, 0.717) is 0 Å². The van der Waals surface area contributed by atoms with Gasteiger partial charge in [0.25, 0.3) is 0 Å². The van der Waals surface area contributed by atoms with Gasteiger partial charge in [0.1, 0.15) is 0 Å². The van der Waals surface area contributed by atoms with Crippen LogP contribution in [-0.2, 0) is 9.90 Å². The van der Waals surface area contributed by atoms with Crippen LogP contribution >= 0.6 is 0 Å². The average Bonchev–Trinajstić information content (AvgIpc) is 2.62. The molecule has 0 saturated carbocycles. The van der Waals surface area contributed by atoms with Crippen molar-refractivity contribution in [2.24, 2.45) is 0 Å². The van der Waals surface area contributed by atoms with Gasteiger partial charge in [0.2, 0.25) is 0 Å². The third-order valence-corrected chi connectivity index (χ3v) is 5.14. The Morgan fingerprint density at radius 2 is 0.885 bits per heavy atom. The molecule has 26 heavy (non-hydrogen) atoms. The van der Waals surface area contributed by atoms with Gasteiger partial charge in [-0.2, -0.15) is 0 Å². The lowest BCUT2D eigenvalue weighted by Crippen LogP contribution is -1.91. The third-order valence-electron chi connectivity index (χ3n) is 5.14. The number of carbonyl (C=O) groups is 1. The molecular weight excluding hydrogens is 320 g/mol. The van der Waals surface area contributed by atoms with Crippen molar-refractivity contribution in [1.29, 1.82) is 0 Å². The van der Waals surface area contributed by atoms with E-state index < -0.39 is 5.97 Å². The second kappa shape index (κ2) is 22.3. The van der Waals surface area contributed by atoms with Crippen molar-refractivity contribution >= 4 is 5.97 Å². The van der Waals surface area contributed by atoms with Crippen LogP contribution in [0.4, 0.5) is 0 Å². The summed E-state index contributed by atoms with van der Waals surface area (Å²) in [6, 6.07) is 0. The van der Waals surface area contributed by atoms with Crippen LogP contribution in [0.1, 0.15) is 135 Å². The van der Waals surface area contributed by atoms with Gasteiger partial charge in [-0.1, -0.05) is 109 Å². The molecule has 2 nitrogen and oxygen atoms in total. The molecule has 0 amide bonds. The normalized spacial score (nSPS) is 11.4. The van der Waals surface area contributed by atoms with E-state index >= 15 is 0 Å². The minimum Gasteiger partial charge on any atom is -0.247 e. The Hall–Kier alpha value is -0.790. The quantitative estimate of drug-likeness (QED) is 0.149. The van der Waals surface area contributed by atoms with E-state index in [4.69, 9.17) is 0 Å². The van der Waals surface area contributed by atoms with Gasteiger partial charge in [-0.15, -0.1) is 0 Å². The number of allylic oxidation sites excluding steroid dienone is 2. The smallest absolute Gasteiger partial charge is 0.247 e. The van der Waals surface area contributed by atoms with Gasteiger partial charge in [0.15, 0.2) is 0 Å². The summed E-state index contributed by atoms with van der Waals surface area (Å²) in [6.07, 6.45) is 29.7. The second-order valence-corrected chi connectivity index (χ2v) is 7.83. The highest BCUT2D eigenvalue weighted by atomic mass is 16.4. The molecule has 2 heteroatoms. The molecule has 1 radical (unpaired) electrons. The van der Waals surface area contributed by atoms with E-state index in [0.717, 1.165) is 19.3 Å². The number of unbranched alkanes of at least 4 members (excludes halogenated alkanes) is 17. The summed E-state index contributed by atoms with van der Waals surface area (Å²) in [5.74, 6) is -0.911. The van der Waals surface area contributed by atoms with Crippen molar-refractivity contribution in [2.75, 3.05) is 0 Å². The molecule has 0 unspecified atom stereocenters. The van der Waals surface area contributed by atoms with Crippen LogP contribution in [0.5, 0.6) is 0 Å². The monoisotopic (exact) mass is 365 g/mol. The third kappa shape index (κ3) is 23.2. The van der Waals surface area contributed by atoms with Crippen LogP contribution in [0, 0.1) is 0 Å². The van der Waals surface area contributed by atoms with Crippen LogP contribution in [0.2, 0.25) is 0 Å². The Morgan fingerprint density at radius 1 is 0.538 bits per heavy atom. The van der Waals surface area contributed by atoms with Crippen LogP contribution < -0.4 is 0 Å². The molecule has 0 bridgehead atoms. The van der Waals surface area contributed by atoms with Crippen LogP contribution in [0.25, 0.3) is 0 Å². The van der Waals surface area contributed by atoms with Crippen molar-refractivity contribution < 1.29 is 9.90 Å². The number of rotatable bonds is 21. The van der Waals surface area contributed by atoms with Crippen molar-refractivity contribution in [1.82, 2.24) is 0 Å². The molecule has 0 fully saturated rings. The molecule has 153 valence electrons. The van der Waals surface area contributed by atoms with E-state index in [9.17, 15) is 9.90 Å². The molecule has 0 aromatic carbocycles. The minimum absolute atomic E-state index is 0.221. The number of hydrogen-bond donors (Lipinski definition) is 0. The van der Waals surface area contributed by atoms with Crippen LogP contribution in [-0.4, -0.2) is 5.97 Å². The lowest BCUT2D eigenvalue weighted by Gasteiger charge is -2.02. The molecule has 0 aromatic rings. The van der Waals surface area contributed by atoms with Gasteiger partial charge >= 0.3 is 5.97 Å². The zero-order valence-corrected chi connectivity index (χ0v) is 17.6. The standard InChI is InChI=1S/C24H45O2/c1-2-3-4-5-6-7-8-9-10-11-12-13-14-15-16-17-18-19-20-21-22-23-24(25)26/h15-16H,2-14,17-23H2,1H3/b16-15-. The van der Waals surface area contributed by atoms with E-state index in [1.807, 2.05) is 0 Å². The maximum atomic E-state index is 10.3. The molecule has 0 N–H and O–H groups in total. The molecule has 0 spiro atoms. The van der Waals surface area contributed by atoms with E-state index in [-0.39, 0.29) is 6.42 Å². The maximum Gasteiger partial charge on any atom is 0.355 e. The number of carbonyl (C=O) groups excluding carboxylic acids is 1. The topological polar surface area (TPSA) is 37.0 Å². The Labute approximate surface area is 163 Å². The first-order valence-corrected chi connectivity index (χ1v) is 11.6. The lowest BCUT2D eigenvalue weighted by molar-refractivity contribution is -0.143. The zero-order chi connectivity index (χ0) is 19.1. The molecule has 0 heterocycles. The van der Waals surface area contributed by atoms with E-state index in [2.05, 4.69) is 19.1 Å². The van der Waals surface area contributed by atoms with E-state index in [1.165, 1.54) is 103 Å². The highest BCUT2D eigenvalue weighted by molar-refractivity contribution is 5.66. The zero-order valence-electron chi connectivity index (χ0n) is 17.6. The molecular formula is C24H45O2. The maximum absolute atomic E-state index is 10.3. The first-order valence-electron chi connectivity index (χ1n) is 11.6. The summed E-state index contributed by atoms with van der Waals surface area (Å²) >= 11 is 0. The van der Waals surface area contributed by atoms with E-state index in [1.54, 1.807) is 0 Å². The Bertz CT molecular complexity index is 309. The first-order chi connectivity index (χ1) is 12.8. The summed E-state index contributed by atoms with van der Waals surface area (Å²) < 4.78 is 0.